The van der Waals surface area contributed by atoms with Crippen LogP contribution in [0.3, 0.4) is 0 Å². The van der Waals surface area contributed by atoms with Crippen LogP contribution in [0.5, 0.6) is 17.2 Å². The quantitative estimate of drug-likeness (QED) is 0.552. The van der Waals surface area contributed by atoms with E-state index in [-0.39, 0.29) is 0 Å². The van der Waals surface area contributed by atoms with Crippen molar-refractivity contribution in [1.82, 2.24) is 0 Å². The molecule has 1 unspecified atom stereocenters. The van der Waals surface area contributed by atoms with Gasteiger partial charge in [0, 0.05) is 5.56 Å². The Kier molecular flexibility index (Phi) is 8.18. The minimum Gasteiger partial charge on any atom is -0.492 e. The van der Waals surface area contributed by atoms with Crippen LogP contribution < -0.4 is 14.2 Å². The summed E-state index contributed by atoms with van der Waals surface area (Å²) in [5.41, 5.74) is 1.08. The topological polar surface area (TPSA) is 27.7 Å². The summed E-state index contributed by atoms with van der Waals surface area (Å²) >= 11 is 6.37. The van der Waals surface area contributed by atoms with Gasteiger partial charge in [0.2, 0.25) is 5.75 Å². The molecule has 0 fully saturated rings. The first-order chi connectivity index (χ1) is 10.6. The summed E-state index contributed by atoms with van der Waals surface area (Å²) in [4.78, 5) is 0. The van der Waals surface area contributed by atoms with Crippen molar-refractivity contribution in [2.45, 2.75) is 45.4 Å². The number of methoxy groups -OCH3 is 3. The third kappa shape index (κ3) is 4.33. The minimum absolute atomic E-state index is 0.347. The summed E-state index contributed by atoms with van der Waals surface area (Å²) in [7, 11) is 4.84. The maximum Gasteiger partial charge on any atom is 0.205 e. The number of benzene rings is 1. The van der Waals surface area contributed by atoms with E-state index in [2.05, 4.69) is 26.0 Å². The Bertz CT molecular complexity index is 498. The van der Waals surface area contributed by atoms with Crippen LogP contribution in [-0.4, -0.2) is 21.3 Å². The van der Waals surface area contributed by atoms with Gasteiger partial charge in [-0.15, -0.1) is 0 Å². The third-order valence-electron chi connectivity index (χ3n) is 3.69. The van der Waals surface area contributed by atoms with Crippen molar-refractivity contribution in [3.8, 4) is 17.2 Å². The highest BCUT2D eigenvalue weighted by atomic mass is 35.5. The summed E-state index contributed by atoms with van der Waals surface area (Å²) in [6.45, 7) is 4.32. The molecule has 1 atom stereocenters. The molecule has 0 heterocycles. The Morgan fingerprint density at radius 1 is 1.00 bits per heavy atom. The van der Waals surface area contributed by atoms with Gasteiger partial charge in [0.1, 0.15) is 0 Å². The first-order valence-electron chi connectivity index (χ1n) is 7.77. The predicted molar refractivity (Wildman–Crippen MR) is 92.8 cm³/mol. The van der Waals surface area contributed by atoms with Crippen LogP contribution in [0.1, 0.15) is 51.0 Å². The second kappa shape index (κ2) is 9.62. The predicted octanol–water partition coefficient (Wildman–Crippen LogP) is 5.61. The van der Waals surface area contributed by atoms with E-state index < -0.39 is 0 Å². The molecule has 0 N–H and O–H groups in total. The monoisotopic (exact) mass is 326 g/mol. The van der Waals surface area contributed by atoms with Gasteiger partial charge in [-0.1, -0.05) is 44.0 Å². The SMILES string of the molecule is CC/C=C\CC(CCC)c1cc(Cl)c(OC)c(OC)c1OC. The zero-order chi connectivity index (χ0) is 16.5. The second-order valence-corrected chi connectivity index (χ2v) is 5.56. The van der Waals surface area contributed by atoms with E-state index in [9.17, 15) is 0 Å². The maximum atomic E-state index is 6.37. The van der Waals surface area contributed by atoms with Gasteiger partial charge in [-0.25, -0.2) is 0 Å². The van der Waals surface area contributed by atoms with Gasteiger partial charge in [0.25, 0.3) is 0 Å². The largest absolute Gasteiger partial charge is 0.492 e. The number of ether oxygens (including phenoxy) is 3. The lowest BCUT2D eigenvalue weighted by Gasteiger charge is -2.22. The van der Waals surface area contributed by atoms with Crippen LogP contribution in [-0.2, 0) is 0 Å². The van der Waals surface area contributed by atoms with Gasteiger partial charge >= 0.3 is 0 Å². The molecule has 22 heavy (non-hydrogen) atoms. The molecule has 0 saturated heterocycles. The highest BCUT2D eigenvalue weighted by Crippen LogP contribution is 2.48. The smallest absolute Gasteiger partial charge is 0.205 e. The van der Waals surface area contributed by atoms with Crippen LogP contribution in [0.4, 0.5) is 0 Å². The van der Waals surface area contributed by atoms with Crippen LogP contribution >= 0.6 is 11.6 Å². The molecule has 4 heteroatoms. The van der Waals surface area contributed by atoms with Gasteiger partial charge in [-0.3, -0.25) is 0 Å². The minimum atomic E-state index is 0.347. The molecule has 0 aliphatic rings. The zero-order valence-corrected chi connectivity index (χ0v) is 15.0. The molecule has 1 aromatic rings. The van der Waals surface area contributed by atoms with Gasteiger partial charge in [0.15, 0.2) is 11.5 Å². The van der Waals surface area contributed by atoms with Crippen molar-refractivity contribution >= 4 is 11.6 Å². The average Bonchev–Trinajstić information content (AvgIpc) is 2.53. The van der Waals surface area contributed by atoms with Gasteiger partial charge in [-0.05, 0) is 31.2 Å². The molecule has 0 spiro atoms. The van der Waals surface area contributed by atoms with E-state index in [0.717, 1.165) is 31.2 Å². The second-order valence-electron chi connectivity index (χ2n) is 5.15. The van der Waals surface area contributed by atoms with E-state index >= 15 is 0 Å². The maximum absolute atomic E-state index is 6.37. The van der Waals surface area contributed by atoms with Gasteiger partial charge in [0.05, 0.1) is 26.4 Å². The summed E-state index contributed by atoms with van der Waals surface area (Å²) < 4.78 is 16.4. The van der Waals surface area contributed by atoms with Crippen LogP contribution in [0, 0.1) is 0 Å². The first kappa shape index (κ1) is 18.7. The molecular weight excluding hydrogens is 300 g/mol. The molecule has 1 rings (SSSR count). The number of rotatable bonds is 9. The fraction of sp³-hybridized carbons (Fsp3) is 0.556. The fourth-order valence-electron chi connectivity index (χ4n) is 2.68. The van der Waals surface area contributed by atoms with E-state index in [1.807, 2.05) is 6.07 Å². The standard InChI is InChI=1S/C18H27ClO3/c1-6-8-9-11-13(10-7-2)14-12-15(19)17(21-4)18(22-5)16(14)20-3/h8-9,12-13H,6-7,10-11H2,1-5H3/b9-8-. The first-order valence-corrected chi connectivity index (χ1v) is 8.15. The number of halogens is 1. The summed E-state index contributed by atoms with van der Waals surface area (Å²) in [5, 5.41) is 0.552. The molecule has 0 aliphatic heterocycles. The normalized spacial score (nSPS) is 12.5. The highest BCUT2D eigenvalue weighted by molar-refractivity contribution is 6.32. The van der Waals surface area contributed by atoms with Gasteiger partial charge < -0.3 is 14.2 Å². The van der Waals surface area contributed by atoms with E-state index in [4.69, 9.17) is 25.8 Å². The van der Waals surface area contributed by atoms with E-state index in [0.29, 0.717) is 28.2 Å². The van der Waals surface area contributed by atoms with Crippen molar-refractivity contribution in [1.29, 1.82) is 0 Å². The molecule has 0 aliphatic carbocycles. The van der Waals surface area contributed by atoms with Gasteiger partial charge in [-0.2, -0.15) is 0 Å². The fourth-order valence-corrected chi connectivity index (χ4v) is 2.96. The van der Waals surface area contributed by atoms with Crippen molar-refractivity contribution in [2.75, 3.05) is 21.3 Å². The van der Waals surface area contributed by atoms with Crippen molar-refractivity contribution in [3.05, 3.63) is 28.8 Å². The van der Waals surface area contributed by atoms with E-state index in [1.54, 1.807) is 21.3 Å². The molecule has 1 aromatic carbocycles. The lowest BCUT2D eigenvalue weighted by Crippen LogP contribution is -2.04. The molecule has 0 aromatic heterocycles. The number of allylic oxidation sites excluding steroid dienone is 2. The molecular formula is C18H27ClO3. The Labute approximate surface area is 139 Å². The molecule has 0 radical (unpaired) electrons. The molecule has 0 bridgehead atoms. The Hall–Kier alpha value is -1.35. The Morgan fingerprint density at radius 2 is 1.64 bits per heavy atom. The molecule has 3 nitrogen and oxygen atoms in total. The number of hydrogen-bond acceptors (Lipinski definition) is 3. The lowest BCUT2D eigenvalue weighted by atomic mass is 9.90. The van der Waals surface area contributed by atoms with Crippen molar-refractivity contribution in [2.24, 2.45) is 0 Å². The highest BCUT2D eigenvalue weighted by Gasteiger charge is 2.24. The van der Waals surface area contributed by atoms with Crippen LogP contribution in [0.25, 0.3) is 0 Å². The summed E-state index contributed by atoms with van der Waals surface area (Å²) in [6.07, 6.45) is 8.59. The third-order valence-corrected chi connectivity index (χ3v) is 3.97. The molecule has 0 amide bonds. The molecule has 124 valence electrons. The average molecular weight is 327 g/mol. The zero-order valence-electron chi connectivity index (χ0n) is 14.2. The summed E-state index contributed by atoms with van der Waals surface area (Å²) in [5.74, 6) is 2.14. The van der Waals surface area contributed by atoms with Crippen LogP contribution in [0.2, 0.25) is 5.02 Å². The molecule has 0 saturated carbocycles. The van der Waals surface area contributed by atoms with Crippen molar-refractivity contribution in [3.63, 3.8) is 0 Å². The lowest BCUT2D eigenvalue weighted by molar-refractivity contribution is 0.320. The van der Waals surface area contributed by atoms with Crippen LogP contribution in [0.15, 0.2) is 18.2 Å². The summed E-state index contributed by atoms with van der Waals surface area (Å²) in [6, 6.07) is 1.95. The Balaban J connectivity index is 3.34. The van der Waals surface area contributed by atoms with E-state index in [1.165, 1.54) is 0 Å². The van der Waals surface area contributed by atoms with Crippen molar-refractivity contribution < 1.29 is 14.2 Å². The number of hydrogen-bond donors (Lipinski definition) is 0. The Morgan fingerprint density at radius 3 is 2.14 bits per heavy atom.